The van der Waals surface area contributed by atoms with Crippen LogP contribution >= 0.6 is 0 Å². The fourth-order valence-electron chi connectivity index (χ4n) is 2.36. The molecule has 1 aromatic rings. The second kappa shape index (κ2) is 5.29. The maximum Gasteiger partial charge on any atom is 0.416 e. The van der Waals surface area contributed by atoms with E-state index in [4.69, 9.17) is 0 Å². The highest BCUT2D eigenvalue weighted by Crippen LogP contribution is 2.33. The Balaban J connectivity index is 2.09. The van der Waals surface area contributed by atoms with Crippen molar-refractivity contribution in [3.8, 4) is 0 Å². The molecule has 4 heteroatoms. The topological polar surface area (TPSA) is 0 Å². The van der Waals surface area contributed by atoms with Crippen molar-refractivity contribution in [3.63, 3.8) is 0 Å². The lowest BCUT2D eigenvalue weighted by Crippen LogP contribution is -2.10. The van der Waals surface area contributed by atoms with E-state index < -0.39 is 17.6 Å². The average molecular weight is 259 g/mol. The molecule has 18 heavy (non-hydrogen) atoms. The van der Waals surface area contributed by atoms with E-state index in [0.29, 0.717) is 18.1 Å². The van der Waals surface area contributed by atoms with Crippen LogP contribution in [0.2, 0.25) is 0 Å². The third-order valence-corrected chi connectivity index (χ3v) is 3.38. The molecule has 0 saturated heterocycles. The Morgan fingerprint density at radius 1 is 1.00 bits per heavy atom. The molecule has 0 heterocycles. The van der Waals surface area contributed by atoms with Crippen LogP contribution in [0.4, 0.5) is 17.6 Å². The van der Waals surface area contributed by atoms with Crippen molar-refractivity contribution in [2.75, 3.05) is 0 Å². The Labute approximate surface area is 104 Å². The van der Waals surface area contributed by atoms with Gasteiger partial charge in [0.15, 0.2) is 0 Å². The van der Waals surface area contributed by atoms with Gasteiger partial charge >= 0.3 is 6.18 Å². The largest absolute Gasteiger partial charge is 0.416 e. The first-order chi connectivity index (χ1) is 8.47. The second-order valence-electron chi connectivity index (χ2n) is 4.79. The normalized spacial score (nSPS) is 18.0. The molecule has 1 aromatic carbocycles. The molecule has 0 bridgehead atoms. The Morgan fingerprint density at radius 3 is 2.22 bits per heavy atom. The highest BCUT2D eigenvalue weighted by molar-refractivity contribution is 5.28. The van der Waals surface area contributed by atoms with Gasteiger partial charge in [-0.2, -0.15) is 13.2 Å². The van der Waals surface area contributed by atoms with Crippen molar-refractivity contribution in [1.82, 2.24) is 0 Å². The lowest BCUT2D eigenvalue weighted by atomic mass is 9.84. The Bertz CT molecular complexity index is 403. The molecule has 1 aliphatic carbocycles. The van der Waals surface area contributed by atoms with E-state index in [2.05, 4.69) is 0 Å². The standard InChI is InChI=1S/C14H15F4/c15-13-9-12(14(16,17)18)7-6-11(13)8-10-4-2-1-3-5-10/h6-7,9H,1-5,8H2. The molecule has 0 spiro atoms. The van der Waals surface area contributed by atoms with Crippen molar-refractivity contribution in [3.05, 3.63) is 41.1 Å². The van der Waals surface area contributed by atoms with Gasteiger partial charge in [-0.25, -0.2) is 4.39 Å². The number of benzene rings is 1. The van der Waals surface area contributed by atoms with E-state index in [9.17, 15) is 17.6 Å². The zero-order valence-corrected chi connectivity index (χ0v) is 9.99. The molecule has 1 saturated carbocycles. The molecule has 0 aliphatic heterocycles. The quantitative estimate of drug-likeness (QED) is 0.661. The summed E-state index contributed by atoms with van der Waals surface area (Å²) < 4.78 is 50.8. The molecule has 0 atom stereocenters. The number of hydrogen-bond donors (Lipinski definition) is 0. The van der Waals surface area contributed by atoms with Crippen LogP contribution < -0.4 is 0 Å². The molecule has 0 nitrogen and oxygen atoms in total. The summed E-state index contributed by atoms with van der Waals surface area (Å²) in [7, 11) is 0. The third-order valence-electron chi connectivity index (χ3n) is 3.38. The molecule has 2 rings (SSSR count). The van der Waals surface area contributed by atoms with Gasteiger partial charge < -0.3 is 0 Å². The monoisotopic (exact) mass is 259 g/mol. The van der Waals surface area contributed by atoms with Gasteiger partial charge in [0, 0.05) is 0 Å². The predicted octanol–water partition coefficient (Wildman–Crippen LogP) is 4.93. The zero-order chi connectivity index (χ0) is 13.2. The van der Waals surface area contributed by atoms with Gasteiger partial charge in [-0.1, -0.05) is 25.3 Å². The fourth-order valence-corrected chi connectivity index (χ4v) is 2.36. The Hall–Kier alpha value is -1.06. The van der Waals surface area contributed by atoms with Gasteiger partial charge in [-0.3, -0.25) is 0 Å². The van der Waals surface area contributed by atoms with Crippen molar-refractivity contribution >= 4 is 0 Å². The molecular weight excluding hydrogens is 244 g/mol. The van der Waals surface area contributed by atoms with Crippen LogP contribution in [0.25, 0.3) is 0 Å². The fraction of sp³-hybridized carbons (Fsp3) is 0.500. The van der Waals surface area contributed by atoms with Crippen molar-refractivity contribution in [2.24, 2.45) is 0 Å². The highest BCUT2D eigenvalue weighted by Gasteiger charge is 2.31. The maximum absolute atomic E-state index is 13.6. The van der Waals surface area contributed by atoms with Crippen molar-refractivity contribution < 1.29 is 17.6 Å². The molecule has 0 N–H and O–H groups in total. The van der Waals surface area contributed by atoms with Crippen LogP contribution in [0.5, 0.6) is 0 Å². The molecule has 1 radical (unpaired) electrons. The van der Waals surface area contributed by atoms with E-state index >= 15 is 0 Å². The molecule has 0 aromatic heterocycles. The lowest BCUT2D eigenvalue weighted by Gasteiger charge is -2.21. The first-order valence-electron chi connectivity index (χ1n) is 6.16. The molecule has 0 amide bonds. The third kappa shape index (κ3) is 3.24. The van der Waals surface area contributed by atoms with Gasteiger partial charge in [-0.15, -0.1) is 0 Å². The molecule has 1 aliphatic rings. The zero-order valence-electron chi connectivity index (χ0n) is 9.99. The Kier molecular flexibility index (Phi) is 3.93. The molecular formula is C14H15F4. The van der Waals surface area contributed by atoms with Gasteiger partial charge in [0.25, 0.3) is 0 Å². The summed E-state index contributed by atoms with van der Waals surface area (Å²) in [5.41, 5.74) is -0.544. The van der Waals surface area contributed by atoms with Crippen LogP contribution in [-0.4, -0.2) is 0 Å². The SMILES string of the molecule is Fc1cc(C(F)(F)F)ccc1C[C]1CCCCC1. The van der Waals surface area contributed by atoms with Crippen LogP contribution in [0.3, 0.4) is 0 Å². The van der Waals surface area contributed by atoms with Crippen LogP contribution in [0.1, 0.15) is 43.2 Å². The minimum Gasteiger partial charge on any atom is -0.207 e. The highest BCUT2D eigenvalue weighted by atomic mass is 19.4. The van der Waals surface area contributed by atoms with E-state index in [0.717, 1.165) is 31.7 Å². The summed E-state index contributed by atoms with van der Waals surface area (Å²) in [6.07, 6.45) is 1.36. The minimum atomic E-state index is -4.47. The summed E-state index contributed by atoms with van der Waals surface area (Å²) in [5.74, 6) is 0.503. The van der Waals surface area contributed by atoms with Gasteiger partial charge in [-0.05, 0) is 42.9 Å². The first kappa shape index (κ1) is 13.4. The molecule has 99 valence electrons. The summed E-state index contributed by atoms with van der Waals surface area (Å²) >= 11 is 0. The van der Waals surface area contributed by atoms with E-state index in [1.165, 1.54) is 18.4 Å². The van der Waals surface area contributed by atoms with Crippen LogP contribution in [0.15, 0.2) is 18.2 Å². The van der Waals surface area contributed by atoms with E-state index in [1.54, 1.807) is 0 Å². The van der Waals surface area contributed by atoms with Gasteiger partial charge in [0.05, 0.1) is 5.56 Å². The molecule has 1 fully saturated rings. The van der Waals surface area contributed by atoms with E-state index in [1.807, 2.05) is 0 Å². The smallest absolute Gasteiger partial charge is 0.207 e. The van der Waals surface area contributed by atoms with Gasteiger partial charge in [0.2, 0.25) is 0 Å². The summed E-state index contributed by atoms with van der Waals surface area (Å²) in [5, 5.41) is 0. The Morgan fingerprint density at radius 2 is 1.67 bits per heavy atom. The summed E-state index contributed by atoms with van der Waals surface area (Å²) in [6, 6.07) is 2.82. The second-order valence-corrected chi connectivity index (χ2v) is 4.79. The summed E-state index contributed by atoms with van der Waals surface area (Å²) in [6.45, 7) is 0. The number of rotatable bonds is 2. The lowest BCUT2D eigenvalue weighted by molar-refractivity contribution is -0.137. The van der Waals surface area contributed by atoms with E-state index in [-0.39, 0.29) is 0 Å². The number of alkyl halides is 3. The predicted molar refractivity (Wildman–Crippen MR) is 61.4 cm³/mol. The first-order valence-corrected chi connectivity index (χ1v) is 6.16. The maximum atomic E-state index is 13.6. The van der Waals surface area contributed by atoms with Crippen LogP contribution in [-0.2, 0) is 12.6 Å². The van der Waals surface area contributed by atoms with Crippen molar-refractivity contribution in [2.45, 2.75) is 44.7 Å². The minimum absolute atomic E-state index is 0.375. The van der Waals surface area contributed by atoms with Crippen molar-refractivity contribution in [1.29, 1.82) is 0 Å². The average Bonchev–Trinajstić information content (AvgIpc) is 2.32. The molecule has 0 unspecified atom stereocenters. The number of halogens is 4. The summed E-state index contributed by atoms with van der Waals surface area (Å²) in [4.78, 5) is 0. The number of hydrogen-bond acceptors (Lipinski definition) is 0. The van der Waals surface area contributed by atoms with Gasteiger partial charge in [0.1, 0.15) is 5.82 Å². The van der Waals surface area contributed by atoms with Crippen LogP contribution in [0, 0.1) is 11.7 Å².